The van der Waals surface area contributed by atoms with Crippen LogP contribution in [-0.4, -0.2) is 12.3 Å². The second kappa shape index (κ2) is 2.96. The van der Waals surface area contributed by atoms with E-state index < -0.39 is 0 Å². The molecule has 1 aliphatic rings. The maximum atomic E-state index is 4.56. The summed E-state index contributed by atoms with van der Waals surface area (Å²) in [5.74, 6) is 0.711. The quantitative estimate of drug-likeness (QED) is 0.549. The Labute approximate surface area is 69.9 Å². The van der Waals surface area contributed by atoms with Crippen LogP contribution >= 0.6 is 0 Å². The molecule has 0 bridgehead atoms. The third-order valence-electron chi connectivity index (χ3n) is 2.47. The molecule has 0 aromatic rings. The Kier molecular flexibility index (Phi) is 2.36. The molecular formula is C10H19N. The molecule has 11 heavy (non-hydrogen) atoms. The lowest BCUT2D eigenvalue weighted by atomic mass is 9.83. The molecule has 0 saturated heterocycles. The van der Waals surface area contributed by atoms with Gasteiger partial charge in [-0.1, -0.05) is 27.7 Å². The van der Waals surface area contributed by atoms with Gasteiger partial charge in [0.05, 0.1) is 6.04 Å². The number of rotatable bonds is 1. The summed E-state index contributed by atoms with van der Waals surface area (Å²) in [6.07, 6.45) is 4.70. The molecule has 1 rings (SSSR count). The van der Waals surface area contributed by atoms with Crippen LogP contribution in [0.3, 0.4) is 0 Å². The lowest BCUT2D eigenvalue weighted by Gasteiger charge is -2.29. The summed E-state index contributed by atoms with van der Waals surface area (Å²) in [6, 6.07) is 0.586. The maximum Gasteiger partial charge on any atom is 0.0519 e. The van der Waals surface area contributed by atoms with Crippen LogP contribution in [0.4, 0.5) is 0 Å². The van der Waals surface area contributed by atoms with E-state index in [4.69, 9.17) is 0 Å². The van der Waals surface area contributed by atoms with Crippen molar-refractivity contribution in [3.63, 3.8) is 0 Å². The van der Waals surface area contributed by atoms with Crippen LogP contribution in [-0.2, 0) is 0 Å². The van der Waals surface area contributed by atoms with Crippen molar-refractivity contribution in [2.75, 3.05) is 0 Å². The zero-order valence-corrected chi connectivity index (χ0v) is 8.09. The Morgan fingerprint density at radius 2 is 2.09 bits per heavy atom. The minimum atomic E-state index is 0.353. The van der Waals surface area contributed by atoms with E-state index in [1.54, 1.807) is 0 Å². The van der Waals surface area contributed by atoms with Crippen LogP contribution in [0.15, 0.2) is 4.99 Å². The summed E-state index contributed by atoms with van der Waals surface area (Å²) >= 11 is 0. The van der Waals surface area contributed by atoms with Crippen molar-refractivity contribution in [3.8, 4) is 0 Å². The van der Waals surface area contributed by atoms with Crippen LogP contribution in [0.5, 0.6) is 0 Å². The summed E-state index contributed by atoms with van der Waals surface area (Å²) in [7, 11) is 0. The monoisotopic (exact) mass is 153 g/mol. The first-order valence-corrected chi connectivity index (χ1v) is 4.55. The zero-order valence-electron chi connectivity index (χ0n) is 8.09. The number of hydrogen-bond acceptors (Lipinski definition) is 1. The van der Waals surface area contributed by atoms with Gasteiger partial charge in [0.15, 0.2) is 0 Å². The fraction of sp³-hybridized carbons (Fsp3) is 0.900. The van der Waals surface area contributed by atoms with E-state index in [1.807, 2.05) is 0 Å². The largest absolute Gasteiger partial charge is 0.293 e. The van der Waals surface area contributed by atoms with Crippen molar-refractivity contribution < 1.29 is 0 Å². The molecule has 0 amide bonds. The van der Waals surface area contributed by atoms with Gasteiger partial charge in [-0.25, -0.2) is 0 Å². The highest BCUT2D eigenvalue weighted by Gasteiger charge is 2.23. The Morgan fingerprint density at radius 1 is 1.45 bits per heavy atom. The molecule has 0 aromatic heterocycles. The van der Waals surface area contributed by atoms with Crippen molar-refractivity contribution in [1.82, 2.24) is 0 Å². The fourth-order valence-corrected chi connectivity index (χ4v) is 1.46. The lowest BCUT2D eigenvalue weighted by Crippen LogP contribution is -2.26. The van der Waals surface area contributed by atoms with E-state index in [0.29, 0.717) is 17.4 Å². The highest BCUT2D eigenvalue weighted by molar-refractivity contribution is 5.65. The molecule has 0 unspecified atom stereocenters. The van der Waals surface area contributed by atoms with E-state index in [2.05, 4.69) is 38.9 Å². The Balaban J connectivity index is 2.56. The van der Waals surface area contributed by atoms with Crippen molar-refractivity contribution >= 4 is 6.21 Å². The SMILES string of the molecule is CC(C)[C@@H]1CCC(C)(C)C=N1. The van der Waals surface area contributed by atoms with Crippen LogP contribution in [0.2, 0.25) is 0 Å². The molecule has 0 fully saturated rings. The van der Waals surface area contributed by atoms with Gasteiger partial charge in [0.2, 0.25) is 0 Å². The second-order valence-corrected chi connectivity index (χ2v) is 4.62. The molecule has 1 aliphatic heterocycles. The van der Waals surface area contributed by atoms with Gasteiger partial charge in [-0.3, -0.25) is 4.99 Å². The van der Waals surface area contributed by atoms with Crippen LogP contribution in [0.25, 0.3) is 0 Å². The van der Waals surface area contributed by atoms with Crippen molar-refractivity contribution in [1.29, 1.82) is 0 Å². The standard InChI is InChI=1S/C10H19N/c1-8(2)9-5-6-10(3,4)7-11-9/h7-9H,5-6H2,1-4H3/t9-/m0/s1. The number of hydrogen-bond donors (Lipinski definition) is 0. The zero-order chi connectivity index (χ0) is 8.48. The molecule has 0 aromatic carbocycles. The summed E-state index contributed by atoms with van der Waals surface area (Å²) in [6.45, 7) is 9.01. The van der Waals surface area contributed by atoms with E-state index in [1.165, 1.54) is 12.8 Å². The smallest absolute Gasteiger partial charge is 0.0519 e. The predicted octanol–water partition coefficient (Wildman–Crippen LogP) is 2.90. The molecule has 0 saturated carbocycles. The van der Waals surface area contributed by atoms with Gasteiger partial charge in [0.25, 0.3) is 0 Å². The van der Waals surface area contributed by atoms with Crippen LogP contribution in [0, 0.1) is 11.3 Å². The van der Waals surface area contributed by atoms with E-state index >= 15 is 0 Å². The van der Waals surface area contributed by atoms with Gasteiger partial charge in [0.1, 0.15) is 0 Å². The Hall–Kier alpha value is -0.330. The van der Waals surface area contributed by atoms with Crippen molar-refractivity contribution in [2.45, 2.75) is 46.6 Å². The molecule has 0 aliphatic carbocycles. The Morgan fingerprint density at radius 3 is 2.45 bits per heavy atom. The highest BCUT2D eigenvalue weighted by Crippen LogP contribution is 2.28. The average Bonchev–Trinajstić information content (AvgIpc) is 1.86. The fourth-order valence-electron chi connectivity index (χ4n) is 1.46. The average molecular weight is 153 g/mol. The molecule has 0 N–H and O–H groups in total. The van der Waals surface area contributed by atoms with Gasteiger partial charge in [-0.15, -0.1) is 0 Å². The first kappa shape index (κ1) is 8.76. The maximum absolute atomic E-state index is 4.56. The normalized spacial score (nSPS) is 29.4. The van der Waals surface area contributed by atoms with E-state index in [0.717, 1.165) is 0 Å². The minimum absolute atomic E-state index is 0.353. The summed E-state index contributed by atoms with van der Waals surface area (Å²) in [4.78, 5) is 4.56. The van der Waals surface area contributed by atoms with Gasteiger partial charge >= 0.3 is 0 Å². The minimum Gasteiger partial charge on any atom is -0.293 e. The summed E-state index contributed by atoms with van der Waals surface area (Å²) < 4.78 is 0. The third-order valence-corrected chi connectivity index (χ3v) is 2.47. The lowest BCUT2D eigenvalue weighted by molar-refractivity contribution is 0.359. The van der Waals surface area contributed by atoms with Gasteiger partial charge in [-0.2, -0.15) is 0 Å². The summed E-state index contributed by atoms with van der Waals surface area (Å²) in [5.41, 5.74) is 0.353. The molecule has 0 spiro atoms. The second-order valence-electron chi connectivity index (χ2n) is 4.62. The van der Waals surface area contributed by atoms with Crippen molar-refractivity contribution in [3.05, 3.63) is 0 Å². The van der Waals surface area contributed by atoms with Gasteiger partial charge < -0.3 is 0 Å². The molecular weight excluding hydrogens is 134 g/mol. The molecule has 1 heteroatoms. The van der Waals surface area contributed by atoms with Crippen LogP contribution < -0.4 is 0 Å². The molecule has 0 radical (unpaired) electrons. The third kappa shape index (κ3) is 2.32. The van der Waals surface area contributed by atoms with Gasteiger partial charge in [0, 0.05) is 6.21 Å². The first-order chi connectivity index (χ1) is 5.01. The molecule has 1 heterocycles. The Bertz CT molecular complexity index is 156. The molecule has 1 atom stereocenters. The molecule has 1 nitrogen and oxygen atoms in total. The summed E-state index contributed by atoms with van der Waals surface area (Å²) in [5, 5.41) is 0. The predicted molar refractivity (Wildman–Crippen MR) is 50.1 cm³/mol. The van der Waals surface area contributed by atoms with Crippen LogP contribution in [0.1, 0.15) is 40.5 Å². The number of nitrogens with zero attached hydrogens (tertiary/aromatic N) is 1. The highest BCUT2D eigenvalue weighted by atomic mass is 14.8. The molecule has 64 valence electrons. The topological polar surface area (TPSA) is 12.4 Å². The van der Waals surface area contributed by atoms with Crippen molar-refractivity contribution in [2.24, 2.45) is 16.3 Å². The first-order valence-electron chi connectivity index (χ1n) is 4.55. The number of aliphatic imine (C=N–C) groups is 1. The van der Waals surface area contributed by atoms with E-state index in [9.17, 15) is 0 Å². The van der Waals surface area contributed by atoms with Gasteiger partial charge in [-0.05, 0) is 24.2 Å². The van der Waals surface area contributed by atoms with E-state index in [-0.39, 0.29) is 0 Å².